The third-order valence-corrected chi connectivity index (χ3v) is 3.31. The number of nitro benzene ring substituents is 1. The van der Waals surface area contributed by atoms with E-state index >= 15 is 0 Å². The summed E-state index contributed by atoms with van der Waals surface area (Å²) in [5.41, 5.74) is 0.359. The van der Waals surface area contributed by atoms with Gasteiger partial charge in [0.2, 0.25) is 5.91 Å². The van der Waals surface area contributed by atoms with Crippen molar-refractivity contribution in [1.82, 2.24) is 4.90 Å². The van der Waals surface area contributed by atoms with Crippen molar-refractivity contribution in [1.29, 1.82) is 0 Å². The fourth-order valence-electron chi connectivity index (χ4n) is 2.02. The van der Waals surface area contributed by atoms with Crippen LogP contribution in [0.25, 0.3) is 0 Å². The Bertz CT molecular complexity index is 520. The van der Waals surface area contributed by atoms with Crippen molar-refractivity contribution < 1.29 is 14.5 Å². The third kappa shape index (κ3) is 5.33. The average molecular weight is 309 g/mol. The summed E-state index contributed by atoms with van der Waals surface area (Å²) in [4.78, 5) is 24.4. The van der Waals surface area contributed by atoms with E-state index in [9.17, 15) is 14.9 Å². The predicted octanol–water partition coefficient (Wildman–Crippen LogP) is 2.66. The number of nitrogens with one attached hydrogen (secondary N) is 1. The van der Waals surface area contributed by atoms with Crippen LogP contribution in [0.1, 0.15) is 26.7 Å². The molecule has 1 aromatic carbocycles. The fourth-order valence-corrected chi connectivity index (χ4v) is 2.02. The molecule has 0 aliphatic rings. The lowest BCUT2D eigenvalue weighted by Crippen LogP contribution is -2.33. The van der Waals surface area contributed by atoms with Gasteiger partial charge in [0.15, 0.2) is 0 Å². The van der Waals surface area contributed by atoms with E-state index in [4.69, 9.17) is 4.74 Å². The Labute approximate surface area is 130 Å². The number of methoxy groups -OCH3 is 1. The molecule has 0 bridgehead atoms. The maximum absolute atomic E-state index is 12.1. The number of non-ortho nitro benzene ring substituents is 1. The highest BCUT2D eigenvalue weighted by Gasteiger charge is 2.14. The number of unbranched alkanes of at least 4 members (excludes halogenated alkanes) is 1. The van der Waals surface area contributed by atoms with Gasteiger partial charge in [-0.05, 0) is 25.6 Å². The van der Waals surface area contributed by atoms with Gasteiger partial charge >= 0.3 is 0 Å². The summed E-state index contributed by atoms with van der Waals surface area (Å²) >= 11 is 0. The maximum atomic E-state index is 12.1. The van der Waals surface area contributed by atoms with Crippen LogP contribution >= 0.6 is 0 Å². The lowest BCUT2D eigenvalue weighted by molar-refractivity contribution is -0.384. The lowest BCUT2D eigenvalue weighted by Gasteiger charge is -2.19. The molecule has 7 heteroatoms. The Hall–Kier alpha value is -2.15. The molecule has 0 aromatic heterocycles. The summed E-state index contributed by atoms with van der Waals surface area (Å²) in [6, 6.07) is 4.12. The van der Waals surface area contributed by atoms with Crippen molar-refractivity contribution in [2.45, 2.75) is 26.7 Å². The molecule has 0 spiro atoms. The molecule has 1 amide bonds. The van der Waals surface area contributed by atoms with E-state index in [-0.39, 0.29) is 23.9 Å². The monoisotopic (exact) mass is 309 g/mol. The molecule has 0 saturated carbocycles. The molecule has 0 fully saturated rings. The smallest absolute Gasteiger partial charge is 0.273 e. The first kappa shape index (κ1) is 17.9. The van der Waals surface area contributed by atoms with Crippen LogP contribution in [0.5, 0.6) is 5.75 Å². The first-order valence-corrected chi connectivity index (χ1v) is 7.36. The Kier molecular flexibility index (Phi) is 7.31. The number of anilines is 1. The number of amides is 1. The summed E-state index contributed by atoms with van der Waals surface area (Å²) in [7, 11) is 1.41. The molecular formula is C15H23N3O4. The molecule has 22 heavy (non-hydrogen) atoms. The average Bonchev–Trinajstić information content (AvgIpc) is 2.51. The van der Waals surface area contributed by atoms with Gasteiger partial charge in [-0.3, -0.25) is 19.8 Å². The second-order valence-electron chi connectivity index (χ2n) is 4.91. The summed E-state index contributed by atoms with van der Waals surface area (Å²) < 4.78 is 5.10. The van der Waals surface area contributed by atoms with Crippen LogP contribution in [-0.2, 0) is 4.79 Å². The third-order valence-electron chi connectivity index (χ3n) is 3.31. The predicted molar refractivity (Wildman–Crippen MR) is 85.3 cm³/mol. The molecule has 1 aromatic rings. The zero-order valence-corrected chi connectivity index (χ0v) is 13.3. The van der Waals surface area contributed by atoms with E-state index in [0.29, 0.717) is 5.69 Å². The molecule has 122 valence electrons. The van der Waals surface area contributed by atoms with Crippen molar-refractivity contribution in [2.75, 3.05) is 32.1 Å². The number of hydrogen-bond acceptors (Lipinski definition) is 5. The van der Waals surface area contributed by atoms with Gasteiger partial charge in [0, 0.05) is 6.07 Å². The van der Waals surface area contributed by atoms with Gasteiger partial charge in [0.25, 0.3) is 5.69 Å². The number of carbonyl (C=O) groups is 1. The molecule has 0 aliphatic carbocycles. The van der Waals surface area contributed by atoms with E-state index in [2.05, 4.69) is 17.1 Å². The molecule has 0 unspecified atom stereocenters. The first-order valence-electron chi connectivity index (χ1n) is 7.36. The summed E-state index contributed by atoms with van der Waals surface area (Å²) in [5, 5.41) is 13.5. The fraction of sp³-hybridized carbons (Fsp3) is 0.533. The molecule has 1 rings (SSSR count). The largest absolute Gasteiger partial charge is 0.494 e. The normalized spacial score (nSPS) is 10.5. The zero-order chi connectivity index (χ0) is 16.5. The van der Waals surface area contributed by atoms with Gasteiger partial charge in [0.1, 0.15) is 5.75 Å². The number of nitro groups is 1. The quantitative estimate of drug-likeness (QED) is 0.560. The summed E-state index contributed by atoms with van der Waals surface area (Å²) in [6.45, 7) is 6.07. The number of ether oxygens (including phenoxy) is 1. The molecule has 1 N–H and O–H groups in total. The van der Waals surface area contributed by atoms with E-state index < -0.39 is 4.92 Å². The van der Waals surface area contributed by atoms with Gasteiger partial charge in [-0.2, -0.15) is 0 Å². The van der Waals surface area contributed by atoms with E-state index in [1.54, 1.807) is 0 Å². The Morgan fingerprint density at radius 1 is 1.41 bits per heavy atom. The second kappa shape index (κ2) is 8.99. The second-order valence-corrected chi connectivity index (χ2v) is 4.91. The van der Waals surface area contributed by atoms with E-state index in [0.717, 1.165) is 25.9 Å². The van der Waals surface area contributed by atoms with Crippen LogP contribution in [0.15, 0.2) is 18.2 Å². The molecule has 7 nitrogen and oxygen atoms in total. The zero-order valence-electron chi connectivity index (χ0n) is 13.3. The molecule has 0 aliphatic heterocycles. The van der Waals surface area contributed by atoms with Crippen molar-refractivity contribution >= 4 is 17.3 Å². The molecule has 0 saturated heterocycles. The topological polar surface area (TPSA) is 84.7 Å². The molecule has 0 heterocycles. The van der Waals surface area contributed by atoms with Crippen molar-refractivity contribution in [3.05, 3.63) is 28.3 Å². The molecule has 0 radical (unpaired) electrons. The standard InChI is InChI=1S/C15H23N3O4/c1-4-6-9-17(5-2)11-15(19)16-13-8-7-12(18(20)21)10-14(13)22-3/h7-8,10H,4-6,9,11H2,1-3H3,(H,16,19). The minimum absolute atomic E-state index is 0.0759. The highest BCUT2D eigenvalue weighted by atomic mass is 16.6. The van der Waals surface area contributed by atoms with Crippen LogP contribution in [0, 0.1) is 10.1 Å². The van der Waals surface area contributed by atoms with Gasteiger partial charge in [-0.1, -0.05) is 20.3 Å². The molecule has 0 atom stereocenters. The number of likely N-dealkylation sites (N-methyl/N-ethyl adjacent to an activating group) is 1. The van der Waals surface area contributed by atoms with E-state index in [1.807, 2.05) is 6.92 Å². The minimum Gasteiger partial charge on any atom is -0.494 e. The number of benzene rings is 1. The first-order chi connectivity index (χ1) is 10.5. The molecular weight excluding hydrogens is 286 g/mol. The van der Waals surface area contributed by atoms with Gasteiger partial charge in [0.05, 0.1) is 30.3 Å². The highest BCUT2D eigenvalue weighted by Crippen LogP contribution is 2.28. The number of carbonyl (C=O) groups excluding carboxylic acids is 1. The number of nitrogens with zero attached hydrogens (tertiary/aromatic N) is 2. The van der Waals surface area contributed by atoms with Crippen LogP contribution in [-0.4, -0.2) is 42.5 Å². The Balaban J connectivity index is 2.72. The maximum Gasteiger partial charge on any atom is 0.273 e. The van der Waals surface area contributed by atoms with Crippen molar-refractivity contribution in [3.8, 4) is 5.75 Å². The van der Waals surface area contributed by atoms with Gasteiger partial charge < -0.3 is 10.1 Å². The van der Waals surface area contributed by atoms with Gasteiger partial charge in [-0.15, -0.1) is 0 Å². The van der Waals surface area contributed by atoms with Crippen molar-refractivity contribution in [2.24, 2.45) is 0 Å². The van der Waals surface area contributed by atoms with Crippen LogP contribution in [0.4, 0.5) is 11.4 Å². The van der Waals surface area contributed by atoms with Crippen LogP contribution in [0.2, 0.25) is 0 Å². The minimum atomic E-state index is -0.502. The van der Waals surface area contributed by atoms with Gasteiger partial charge in [-0.25, -0.2) is 0 Å². The van der Waals surface area contributed by atoms with Crippen LogP contribution < -0.4 is 10.1 Å². The van der Waals surface area contributed by atoms with Crippen LogP contribution in [0.3, 0.4) is 0 Å². The summed E-state index contributed by atoms with van der Waals surface area (Å²) in [5.74, 6) is 0.115. The van der Waals surface area contributed by atoms with E-state index in [1.165, 1.54) is 25.3 Å². The highest BCUT2D eigenvalue weighted by molar-refractivity contribution is 5.93. The SMILES string of the molecule is CCCCN(CC)CC(=O)Nc1ccc([N+](=O)[O-])cc1OC. The van der Waals surface area contributed by atoms with Crippen molar-refractivity contribution in [3.63, 3.8) is 0 Å². The Morgan fingerprint density at radius 3 is 2.68 bits per heavy atom. The number of rotatable bonds is 9. The lowest BCUT2D eigenvalue weighted by atomic mass is 10.2. The summed E-state index contributed by atoms with van der Waals surface area (Å²) in [6.07, 6.45) is 2.12. The number of hydrogen-bond donors (Lipinski definition) is 1. The Morgan fingerprint density at radius 2 is 2.14 bits per heavy atom.